The summed E-state index contributed by atoms with van der Waals surface area (Å²) >= 11 is 0. The Hall–Kier alpha value is -2.51. The van der Waals surface area contributed by atoms with E-state index in [1.165, 1.54) is 30.0 Å². The molecule has 8 heteroatoms. The Morgan fingerprint density at radius 3 is 2.89 bits per heavy atom. The summed E-state index contributed by atoms with van der Waals surface area (Å²) in [6.07, 6.45) is 1.55. The maximum absolute atomic E-state index is 10.8. The smallest absolute Gasteiger partial charge is 0.271 e. The summed E-state index contributed by atoms with van der Waals surface area (Å²) in [4.78, 5) is 10.4. The van der Waals surface area contributed by atoms with Crippen LogP contribution >= 0.6 is 0 Å². The zero-order valence-electron chi connectivity index (χ0n) is 10.6. The Morgan fingerprint density at radius 1 is 1.47 bits per heavy atom. The lowest BCUT2D eigenvalue weighted by Crippen LogP contribution is -2.06. The molecule has 8 nitrogen and oxygen atoms in total. The molecule has 1 heterocycles. The maximum Gasteiger partial charge on any atom is 0.271 e. The number of aryl methyl sites for hydroxylation is 1. The van der Waals surface area contributed by atoms with E-state index < -0.39 is 4.92 Å². The molecule has 0 radical (unpaired) electrons. The number of nitrogens with zero attached hydrogens (tertiary/aromatic N) is 5. The van der Waals surface area contributed by atoms with Crippen LogP contribution in [0.2, 0.25) is 0 Å². The standard InChI is InChI=1S/C11H13N5O3/c1-3-4-11-12-13-14-15(11)9-7-8(16(17)18)5-6-10(9)19-2/h5-7H,3-4H2,1-2H3. The SMILES string of the molecule is CCCc1nnnn1-c1cc([N+](=O)[O-])ccc1OC. The fraction of sp³-hybridized carbons (Fsp3) is 0.364. The molecule has 1 aromatic heterocycles. The second-order valence-electron chi connectivity index (χ2n) is 3.87. The van der Waals surface area contributed by atoms with Crippen molar-refractivity contribution in [1.29, 1.82) is 0 Å². The Kier molecular flexibility index (Phi) is 3.69. The molecule has 19 heavy (non-hydrogen) atoms. The van der Waals surface area contributed by atoms with Gasteiger partial charge in [-0.2, -0.15) is 4.68 Å². The molecule has 0 spiro atoms. The van der Waals surface area contributed by atoms with Gasteiger partial charge in [0.25, 0.3) is 5.69 Å². The molecular formula is C11H13N5O3. The molecule has 1 aromatic carbocycles. The predicted octanol–water partition coefficient (Wildman–Crippen LogP) is 1.53. The van der Waals surface area contributed by atoms with Crippen LogP contribution in [-0.4, -0.2) is 32.2 Å². The summed E-state index contributed by atoms with van der Waals surface area (Å²) in [6.45, 7) is 2.00. The molecule has 0 bridgehead atoms. The average molecular weight is 263 g/mol. The number of nitro benzene ring substituents is 1. The lowest BCUT2D eigenvalue weighted by molar-refractivity contribution is -0.384. The number of hydrogen-bond donors (Lipinski definition) is 0. The van der Waals surface area contributed by atoms with Crippen molar-refractivity contribution in [3.63, 3.8) is 0 Å². The van der Waals surface area contributed by atoms with E-state index in [4.69, 9.17) is 4.74 Å². The molecule has 0 saturated heterocycles. The van der Waals surface area contributed by atoms with Gasteiger partial charge in [-0.3, -0.25) is 10.1 Å². The normalized spacial score (nSPS) is 10.4. The second-order valence-corrected chi connectivity index (χ2v) is 3.87. The number of benzene rings is 1. The average Bonchev–Trinajstić information content (AvgIpc) is 2.86. The van der Waals surface area contributed by atoms with Gasteiger partial charge in [-0.05, 0) is 22.9 Å². The van der Waals surface area contributed by atoms with Crippen LogP contribution < -0.4 is 4.74 Å². The summed E-state index contributed by atoms with van der Waals surface area (Å²) in [5, 5.41) is 22.2. The first-order valence-corrected chi connectivity index (χ1v) is 5.77. The molecule has 0 atom stereocenters. The number of aromatic nitrogens is 4. The number of nitro groups is 1. The predicted molar refractivity (Wildman–Crippen MR) is 66.4 cm³/mol. The molecule has 100 valence electrons. The van der Waals surface area contributed by atoms with Crippen LogP contribution in [0.3, 0.4) is 0 Å². The summed E-state index contributed by atoms with van der Waals surface area (Å²) in [6, 6.07) is 4.31. The van der Waals surface area contributed by atoms with Gasteiger partial charge >= 0.3 is 0 Å². The molecule has 2 rings (SSSR count). The molecule has 0 N–H and O–H groups in total. The first-order valence-electron chi connectivity index (χ1n) is 5.77. The number of non-ortho nitro benzene ring substituents is 1. The Bertz CT molecular complexity index is 596. The van der Waals surface area contributed by atoms with Gasteiger partial charge in [0.2, 0.25) is 0 Å². The highest BCUT2D eigenvalue weighted by molar-refractivity contribution is 5.53. The zero-order chi connectivity index (χ0) is 13.8. The molecular weight excluding hydrogens is 250 g/mol. The number of hydrogen-bond acceptors (Lipinski definition) is 6. The minimum Gasteiger partial charge on any atom is -0.494 e. The van der Waals surface area contributed by atoms with E-state index >= 15 is 0 Å². The van der Waals surface area contributed by atoms with Crippen molar-refractivity contribution in [2.45, 2.75) is 19.8 Å². The third kappa shape index (κ3) is 2.51. The largest absolute Gasteiger partial charge is 0.494 e. The van der Waals surface area contributed by atoms with Crippen LogP contribution in [0.5, 0.6) is 5.75 Å². The van der Waals surface area contributed by atoms with Gasteiger partial charge in [0.05, 0.1) is 12.0 Å². The topological polar surface area (TPSA) is 96.0 Å². The molecule has 0 saturated carbocycles. The quantitative estimate of drug-likeness (QED) is 0.599. The maximum atomic E-state index is 10.8. The highest BCUT2D eigenvalue weighted by Gasteiger charge is 2.16. The van der Waals surface area contributed by atoms with Crippen molar-refractivity contribution in [1.82, 2.24) is 20.2 Å². The minimum absolute atomic E-state index is 0.0336. The van der Waals surface area contributed by atoms with Gasteiger partial charge in [-0.1, -0.05) is 6.92 Å². The molecule has 0 amide bonds. The van der Waals surface area contributed by atoms with E-state index in [1.807, 2.05) is 6.92 Å². The third-order valence-electron chi connectivity index (χ3n) is 2.61. The summed E-state index contributed by atoms with van der Waals surface area (Å²) in [5.41, 5.74) is 0.430. The van der Waals surface area contributed by atoms with E-state index in [0.717, 1.165) is 6.42 Å². The van der Waals surface area contributed by atoms with Crippen LogP contribution in [0.25, 0.3) is 5.69 Å². The van der Waals surface area contributed by atoms with Crippen molar-refractivity contribution >= 4 is 5.69 Å². The second kappa shape index (κ2) is 5.42. The van der Waals surface area contributed by atoms with Crippen molar-refractivity contribution in [3.05, 3.63) is 34.1 Å². The van der Waals surface area contributed by atoms with E-state index in [-0.39, 0.29) is 5.69 Å². The van der Waals surface area contributed by atoms with Crippen LogP contribution in [0.4, 0.5) is 5.69 Å². The van der Waals surface area contributed by atoms with E-state index in [2.05, 4.69) is 15.5 Å². The van der Waals surface area contributed by atoms with Crippen molar-refractivity contribution in [2.75, 3.05) is 7.11 Å². The van der Waals surface area contributed by atoms with Gasteiger partial charge < -0.3 is 4.74 Å². The summed E-state index contributed by atoms with van der Waals surface area (Å²) in [5.74, 6) is 1.12. The first-order chi connectivity index (χ1) is 9.17. The molecule has 2 aromatic rings. The van der Waals surface area contributed by atoms with Crippen molar-refractivity contribution in [3.8, 4) is 11.4 Å². The van der Waals surface area contributed by atoms with Crippen LogP contribution in [-0.2, 0) is 6.42 Å². The van der Waals surface area contributed by atoms with Gasteiger partial charge in [-0.25, -0.2) is 0 Å². The molecule has 0 unspecified atom stereocenters. The van der Waals surface area contributed by atoms with Gasteiger partial charge in [-0.15, -0.1) is 5.10 Å². The number of tetrazole rings is 1. The highest BCUT2D eigenvalue weighted by Crippen LogP contribution is 2.27. The van der Waals surface area contributed by atoms with Crippen LogP contribution in [0, 0.1) is 10.1 Å². The molecule has 0 aliphatic heterocycles. The van der Waals surface area contributed by atoms with Crippen molar-refractivity contribution < 1.29 is 9.66 Å². The monoisotopic (exact) mass is 263 g/mol. The fourth-order valence-electron chi connectivity index (χ4n) is 1.73. The Morgan fingerprint density at radius 2 is 2.26 bits per heavy atom. The van der Waals surface area contributed by atoms with E-state index in [9.17, 15) is 10.1 Å². The lowest BCUT2D eigenvalue weighted by Gasteiger charge is -2.09. The molecule has 0 fully saturated rings. The van der Waals surface area contributed by atoms with Crippen molar-refractivity contribution in [2.24, 2.45) is 0 Å². The van der Waals surface area contributed by atoms with E-state index in [0.29, 0.717) is 23.7 Å². The lowest BCUT2D eigenvalue weighted by atomic mass is 10.2. The highest BCUT2D eigenvalue weighted by atomic mass is 16.6. The number of ether oxygens (including phenoxy) is 1. The third-order valence-corrected chi connectivity index (χ3v) is 2.61. The van der Waals surface area contributed by atoms with Crippen LogP contribution in [0.1, 0.15) is 19.2 Å². The minimum atomic E-state index is -0.465. The fourth-order valence-corrected chi connectivity index (χ4v) is 1.73. The van der Waals surface area contributed by atoms with E-state index in [1.54, 1.807) is 0 Å². The van der Waals surface area contributed by atoms with Gasteiger partial charge in [0, 0.05) is 18.6 Å². The van der Waals surface area contributed by atoms with Crippen LogP contribution in [0.15, 0.2) is 18.2 Å². The summed E-state index contributed by atoms with van der Waals surface area (Å²) in [7, 11) is 1.49. The number of rotatable bonds is 5. The Balaban J connectivity index is 2.55. The summed E-state index contributed by atoms with van der Waals surface area (Å²) < 4.78 is 6.67. The molecule has 0 aliphatic rings. The number of methoxy groups -OCH3 is 1. The van der Waals surface area contributed by atoms with Gasteiger partial charge in [0.15, 0.2) is 5.82 Å². The first kappa shape index (κ1) is 12.9. The molecule has 0 aliphatic carbocycles. The van der Waals surface area contributed by atoms with Gasteiger partial charge in [0.1, 0.15) is 11.4 Å². The Labute approximate surface area is 109 Å². The zero-order valence-corrected chi connectivity index (χ0v) is 10.6.